The van der Waals surface area contributed by atoms with Crippen LogP contribution in [-0.4, -0.2) is 10.1 Å². The van der Waals surface area contributed by atoms with Gasteiger partial charge in [0.2, 0.25) is 11.7 Å². The van der Waals surface area contributed by atoms with E-state index >= 15 is 0 Å². The number of hydrogen-bond acceptors (Lipinski definition) is 4. The summed E-state index contributed by atoms with van der Waals surface area (Å²) in [5, 5.41) is 12.0. The number of benzene rings is 1. The SMILES string of the molecule is N#CCCCc1nc(-c2cc(F)cc(F)c2)no1. The van der Waals surface area contributed by atoms with Crippen LogP contribution in [0.1, 0.15) is 18.7 Å². The van der Waals surface area contributed by atoms with E-state index in [0.29, 0.717) is 25.2 Å². The van der Waals surface area contributed by atoms with Gasteiger partial charge in [0, 0.05) is 24.5 Å². The molecule has 0 radical (unpaired) electrons. The second-order valence-corrected chi connectivity index (χ2v) is 3.68. The molecular formula is C12H9F2N3O. The van der Waals surface area contributed by atoms with E-state index in [1.807, 2.05) is 6.07 Å². The Labute approximate surface area is 102 Å². The second kappa shape index (κ2) is 5.36. The first-order valence-corrected chi connectivity index (χ1v) is 5.35. The standard InChI is InChI=1S/C12H9F2N3O/c13-9-5-8(6-10(14)7-9)12-16-11(18-17-12)3-1-2-4-15/h5-7H,1-3H2. The molecule has 0 N–H and O–H groups in total. The van der Waals surface area contributed by atoms with Gasteiger partial charge in [-0.1, -0.05) is 5.16 Å². The maximum Gasteiger partial charge on any atom is 0.226 e. The number of unbranched alkanes of at least 4 members (excludes halogenated alkanes) is 1. The summed E-state index contributed by atoms with van der Waals surface area (Å²) >= 11 is 0. The van der Waals surface area contributed by atoms with E-state index in [1.165, 1.54) is 0 Å². The van der Waals surface area contributed by atoms with Gasteiger partial charge < -0.3 is 4.52 Å². The molecule has 0 atom stereocenters. The fraction of sp³-hybridized carbons (Fsp3) is 0.250. The molecule has 0 saturated carbocycles. The minimum absolute atomic E-state index is 0.139. The van der Waals surface area contributed by atoms with Crippen molar-refractivity contribution in [1.82, 2.24) is 10.1 Å². The third kappa shape index (κ3) is 2.88. The van der Waals surface area contributed by atoms with Gasteiger partial charge in [-0.3, -0.25) is 0 Å². The van der Waals surface area contributed by atoms with Gasteiger partial charge in [0.25, 0.3) is 0 Å². The predicted molar refractivity (Wildman–Crippen MR) is 58.2 cm³/mol. The molecule has 2 aromatic rings. The summed E-state index contributed by atoms with van der Waals surface area (Å²) in [5.74, 6) is -0.896. The first-order chi connectivity index (χ1) is 8.69. The maximum atomic E-state index is 13.0. The van der Waals surface area contributed by atoms with Crippen molar-refractivity contribution in [2.75, 3.05) is 0 Å². The number of aryl methyl sites for hydroxylation is 1. The first-order valence-electron chi connectivity index (χ1n) is 5.35. The lowest BCUT2D eigenvalue weighted by atomic mass is 10.2. The summed E-state index contributed by atoms with van der Waals surface area (Å²) in [5.41, 5.74) is 0.225. The number of halogens is 2. The van der Waals surface area contributed by atoms with Crippen LogP contribution in [0, 0.1) is 23.0 Å². The Morgan fingerprint density at radius 1 is 1.22 bits per heavy atom. The van der Waals surface area contributed by atoms with Crippen LogP contribution in [0.25, 0.3) is 11.4 Å². The van der Waals surface area contributed by atoms with Crippen LogP contribution in [-0.2, 0) is 6.42 Å². The minimum atomic E-state index is -0.694. The molecule has 92 valence electrons. The normalized spacial score (nSPS) is 10.3. The lowest BCUT2D eigenvalue weighted by Crippen LogP contribution is -1.87. The number of hydrogen-bond donors (Lipinski definition) is 0. The average molecular weight is 249 g/mol. The van der Waals surface area contributed by atoms with Gasteiger partial charge in [0.05, 0.1) is 6.07 Å². The van der Waals surface area contributed by atoms with Crippen LogP contribution in [0.2, 0.25) is 0 Å². The Hall–Kier alpha value is -2.29. The van der Waals surface area contributed by atoms with E-state index in [4.69, 9.17) is 9.78 Å². The monoisotopic (exact) mass is 249 g/mol. The summed E-state index contributed by atoms with van der Waals surface area (Å²) in [4.78, 5) is 4.01. The summed E-state index contributed by atoms with van der Waals surface area (Å²) in [6.45, 7) is 0. The van der Waals surface area contributed by atoms with E-state index in [0.717, 1.165) is 18.2 Å². The number of nitriles is 1. The van der Waals surface area contributed by atoms with Crippen molar-refractivity contribution in [3.05, 3.63) is 35.7 Å². The van der Waals surface area contributed by atoms with Crippen molar-refractivity contribution in [2.45, 2.75) is 19.3 Å². The molecule has 0 fully saturated rings. The largest absolute Gasteiger partial charge is 0.339 e. The van der Waals surface area contributed by atoms with Crippen LogP contribution >= 0.6 is 0 Å². The van der Waals surface area contributed by atoms with Gasteiger partial charge in [-0.05, 0) is 18.6 Å². The van der Waals surface area contributed by atoms with Gasteiger partial charge in [-0.2, -0.15) is 10.2 Å². The highest BCUT2D eigenvalue weighted by molar-refractivity contribution is 5.54. The van der Waals surface area contributed by atoms with Crippen LogP contribution in [0.5, 0.6) is 0 Å². The van der Waals surface area contributed by atoms with Crippen LogP contribution in [0.3, 0.4) is 0 Å². The topological polar surface area (TPSA) is 62.7 Å². The zero-order chi connectivity index (χ0) is 13.0. The van der Waals surface area contributed by atoms with Crippen molar-refractivity contribution in [3.63, 3.8) is 0 Å². The summed E-state index contributed by atoms with van der Waals surface area (Å²) in [6, 6.07) is 5.04. The van der Waals surface area contributed by atoms with Crippen LogP contribution < -0.4 is 0 Å². The van der Waals surface area contributed by atoms with Gasteiger partial charge >= 0.3 is 0 Å². The molecule has 1 aromatic carbocycles. The van der Waals surface area contributed by atoms with E-state index in [1.54, 1.807) is 0 Å². The van der Waals surface area contributed by atoms with E-state index in [9.17, 15) is 8.78 Å². The maximum absolute atomic E-state index is 13.0. The van der Waals surface area contributed by atoms with Crippen molar-refractivity contribution in [2.24, 2.45) is 0 Å². The molecule has 0 unspecified atom stereocenters. The Balaban J connectivity index is 2.16. The Bertz CT molecular complexity index is 569. The molecule has 0 bridgehead atoms. The molecule has 0 aliphatic rings. The smallest absolute Gasteiger partial charge is 0.226 e. The molecule has 6 heteroatoms. The molecule has 2 rings (SSSR count). The molecule has 18 heavy (non-hydrogen) atoms. The fourth-order valence-electron chi connectivity index (χ4n) is 1.48. The minimum Gasteiger partial charge on any atom is -0.339 e. The van der Waals surface area contributed by atoms with Gasteiger partial charge in [0.15, 0.2) is 0 Å². The quantitative estimate of drug-likeness (QED) is 0.781. The Morgan fingerprint density at radius 2 is 1.94 bits per heavy atom. The van der Waals surface area contributed by atoms with Gasteiger partial charge in [0.1, 0.15) is 11.6 Å². The number of nitrogens with zero attached hydrogens (tertiary/aromatic N) is 3. The molecule has 0 aliphatic heterocycles. The van der Waals surface area contributed by atoms with Gasteiger partial charge in [-0.15, -0.1) is 0 Å². The van der Waals surface area contributed by atoms with E-state index in [2.05, 4.69) is 10.1 Å². The predicted octanol–water partition coefficient (Wildman–Crippen LogP) is 2.86. The van der Waals surface area contributed by atoms with Crippen LogP contribution in [0.4, 0.5) is 8.78 Å². The molecule has 1 aromatic heterocycles. The molecule has 0 aliphatic carbocycles. The van der Waals surface area contributed by atoms with Crippen molar-refractivity contribution >= 4 is 0 Å². The Kier molecular flexibility index (Phi) is 3.63. The third-order valence-electron chi connectivity index (χ3n) is 2.27. The lowest BCUT2D eigenvalue weighted by molar-refractivity contribution is 0.376. The molecular weight excluding hydrogens is 240 g/mol. The zero-order valence-electron chi connectivity index (χ0n) is 9.36. The van der Waals surface area contributed by atoms with Crippen molar-refractivity contribution in [1.29, 1.82) is 5.26 Å². The van der Waals surface area contributed by atoms with Crippen LogP contribution in [0.15, 0.2) is 22.7 Å². The highest BCUT2D eigenvalue weighted by atomic mass is 19.1. The zero-order valence-corrected chi connectivity index (χ0v) is 9.36. The lowest BCUT2D eigenvalue weighted by Gasteiger charge is -1.95. The highest BCUT2D eigenvalue weighted by Gasteiger charge is 2.10. The summed E-state index contributed by atoms with van der Waals surface area (Å²) < 4.78 is 30.9. The summed E-state index contributed by atoms with van der Waals surface area (Å²) in [6.07, 6.45) is 1.47. The first kappa shape index (κ1) is 12.2. The number of aromatic nitrogens is 2. The average Bonchev–Trinajstić information content (AvgIpc) is 2.77. The molecule has 1 heterocycles. The highest BCUT2D eigenvalue weighted by Crippen LogP contribution is 2.19. The second-order valence-electron chi connectivity index (χ2n) is 3.68. The summed E-state index contributed by atoms with van der Waals surface area (Å²) in [7, 11) is 0. The Morgan fingerprint density at radius 3 is 2.61 bits per heavy atom. The van der Waals surface area contributed by atoms with E-state index < -0.39 is 11.6 Å². The molecule has 0 saturated heterocycles. The third-order valence-corrected chi connectivity index (χ3v) is 2.27. The fourth-order valence-corrected chi connectivity index (χ4v) is 1.48. The van der Waals surface area contributed by atoms with E-state index in [-0.39, 0.29) is 11.4 Å². The molecule has 4 nitrogen and oxygen atoms in total. The van der Waals surface area contributed by atoms with Gasteiger partial charge in [-0.25, -0.2) is 8.78 Å². The molecule has 0 spiro atoms. The number of rotatable bonds is 4. The van der Waals surface area contributed by atoms with Crippen molar-refractivity contribution < 1.29 is 13.3 Å². The van der Waals surface area contributed by atoms with Crippen molar-refractivity contribution in [3.8, 4) is 17.5 Å². The molecule has 0 amide bonds.